The predicted molar refractivity (Wildman–Crippen MR) is 122 cm³/mol. The van der Waals surface area contributed by atoms with Gasteiger partial charge in [-0.2, -0.15) is 5.10 Å². The fraction of sp³-hybridized carbons (Fsp3) is 0.542. The molecule has 0 saturated carbocycles. The Morgan fingerprint density at radius 1 is 1.19 bits per heavy atom. The molecule has 1 aliphatic carbocycles. The van der Waals surface area contributed by atoms with Gasteiger partial charge in [0.1, 0.15) is 17.0 Å². The van der Waals surface area contributed by atoms with Crippen LogP contribution in [-0.4, -0.2) is 44.9 Å². The van der Waals surface area contributed by atoms with Crippen molar-refractivity contribution in [2.45, 2.75) is 77.0 Å². The van der Waals surface area contributed by atoms with Gasteiger partial charge in [0.05, 0.1) is 18.3 Å². The molecular formula is C24H33N5O3. The van der Waals surface area contributed by atoms with E-state index in [1.165, 1.54) is 11.1 Å². The molecular weight excluding hydrogens is 406 g/mol. The first-order valence-electron chi connectivity index (χ1n) is 11.4. The van der Waals surface area contributed by atoms with E-state index in [9.17, 15) is 9.59 Å². The molecule has 1 aromatic heterocycles. The van der Waals surface area contributed by atoms with Crippen molar-refractivity contribution in [3.8, 4) is 0 Å². The predicted octanol–water partition coefficient (Wildman–Crippen LogP) is 3.24. The summed E-state index contributed by atoms with van der Waals surface area (Å²) in [5.41, 5.74) is 15.2. The zero-order valence-corrected chi connectivity index (χ0v) is 19.1. The second kappa shape index (κ2) is 8.48. The number of ether oxygens (including phenoxy) is 1. The number of aryl methyl sites for hydroxylation is 1. The number of nitrogens with zero attached hydrogens (tertiary/aromatic N) is 3. The Kier molecular flexibility index (Phi) is 5.88. The highest BCUT2D eigenvalue weighted by atomic mass is 16.6. The normalized spacial score (nSPS) is 20.8. The molecule has 2 amide bonds. The van der Waals surface area contributed by atoms with E-state index in [0.717, 1.165) is 32.1 Å². The molecule has 1 fully saturated rings. The van der Waals surface area contributed by atoms with Gasteiger partial charge in [-0.15, -0.1) is 0 Å². The van der Waals surface area contributed by atoms with Crippen molar-refractivity contribution in [1.29, 1.82) is 0 Å². The van der Waals surface area contributed by atoms with Crippen LogP contribution in [-0.2, 0) is 24.1 Å². The van der Waals surface area contributed by atoms with Crippen LogP contribution in [0.4, 0.5) is 10.6 Å². The molecule has 1 aliphatic heterocycles. The number of nitrogens with two attached hydrogens (primary N) is 2. The molecule has 2 atom stereocenters. The number of likely N-dealkylation sites (tertiary alicyclic amines) is 1. The van der Waals surface area contributed by atoms with Crippen LogP contribution >= 0.6 is 0 Å². The Bertz CT molecular complexity index is 1020. The summed E-state index contributed by atoms with van der Waals surface area (Å²) in [5, 5.41) is 4.77. The molecule has 4 N–H and O–H groups in total. The van der Waals surface area contributed by atoms with E-state index >= 15 is 0 Å². The molecule has 0 spiro atoms. The summed E-state index contributed by atoms with van der Waals surface area (Å²) in [7, 11) is 0. The van der Waals surface area contributed by atoms with Gasteiger partial charge in [-0.3, -0.25) is 4.79 Å². The van der Waals surface area contributed by atoms with Crippen molar-refractivity contribution < 1.29 is 14.3 Å². The molecule has 8 nitrogen and oxygen atoms in total. The van der Waals surface area contributed by atoms with Crippen LogP contribution in [0.5, 0.6) is 0 Å². The van der Waals surface area contributed by atoms with Gasteiger partial charge in [-0.05, 0) is 64.0 Å². The Balaban J connectivity index is 1.58. The third kappa shape index (κ3) is 4.45. The van der Waals surface area contributed by atoms with E-state index in [-0.39, 0.29) is 23.9 Å². The number of rotatable bonds is 4. The minimum atomic E-state index is -0.557. The first-order valence-corrected chi connectivity index (χ1v) is 11.4. The number of amides is 2. The molecule has 1 unspecified atom stereocenters. The number of hydrogen-bond donors (Lipinski definition) is 2. The van der Waals surface area contributed by atoms with E-state index in [0.29, 0.717) is 24.3 Å². The van der Waals surface area contributed by atoms with Crippen LogP contribution in [0.15, 0.2) is 24.3 Å². The fourth-order valence-corrected chi connectivity index (χ4v) is 4.89. The maximum absolute atomic E-state index is 12.7. The lowest BCUT2D eigenvalue weighted by molar-refractivity contribution is 0.0212. The van der Waals surface area contributed by atoms with Crippen molar-refractivity contribution in [3.05, 3.63) is 46.6 Å². The maximum Gasteiger partial charge on any atom is 0.410 e. The fourth-order valence-electron chi connectivity index (χ4n) is 4.89. The van der Waals surface area contributed by atoms with Crippen LogP contribution in [0.1, 0.15) is 73.1 Å². The standard InChI is InChI=1S/C24H33N5O3/c1-24(2,3)32-23(31)28-12-6-9-18(28)14-29-21(25)19(22(26)30)20(27-29)17-11-10-15-7-4-5-8-16(15)13-17/h4-5,7-8,17-18H,6,9-14,25H2,1-3H3,(H2,26,30)/t17-,18?/m1/s1. The van der Waals surface area contributed by atoms with Gasteiger partial charge < -0.3 is 21.1 Å². The number of carbonyl (C=O) groups excluding carboxylic acids is 2. The van der Waals surface area contributed by atoms with Crippen LogP contribution in [0.25, 0.3) is 0 Å². The first-order chi connectivity index (χ1) is 15.1. The summed E-state index contributed by atoms with van der Waals surface area (Å²) >= 11 is 0. The second-order valence-electron chi connectivity index (χ2n) is 9.87. The zero-order chi connectivity index (χ0) is 23.0. The number of carbonyl (C=O) groups is 2. The van der Waals surface area contributed by atoms with Gasteiger partial charge in [0.25, 0.3) is 5.91 Å². The average molecular weight is 440 g/mol. The molecule has 0 bridgehead atoms. The summed E-state index contributed by atoms with van der Waals surface area (Å²) in [6.07, 6.45) is 4.02. The number of primary amides is 1. The van der Waals surface area contributed by atoms with E-state index in [1.807, 2.05) is 26.8 Å². The number of nitrogen functional groups attached to an aromatic ring is 1. The topological polar surface area (TPSA) is 116 Å². The lowest BCUT2D eigenvalue weighted by Gasteiger charge is -2.28. The largest absolute Gasteiger partial charge is 0.444 e. The van der Waals surface area contributed by atoms with E-state index in [2.05, 4.69) is 18.2 Å². The van der Waals surface area contributed by atoms with Crippen LogP contribution < -0.4 is 11.5 Å². The van der Waals surface area contributed by atoms with Gasteiger partial charge in [0, 0.05) is 12.5 Å². The molecule has 1 saturated heterocycles. The van der Waals surface area contributed by atoms with Crippen molar-refractivity contribution in [3.63, 3.8) is 0 Å². The van der Waals surface area contributed by atoms with Crippen LogP contribution in [0.2, 0.25) is 0 Å². The number of hydrogen-bond acceptors (Lipinski definition) is 5. The SMILES string of the molecule is CC(C)(C)OC(=O)N1CCCC1Cn1nc([C@@H]2CCc3ccccc3C2)c(C(N)=O)c1N. The molecule has 172 valence electrons. The number of fused-ring (bicyclic) bond motifs is 1. The highest BCUT2D eigenvalue weighted by molar-refractivity contribution is 5.98. The molecule has 4 rings (SSSR count). The summed E-state index contributed by atoms with van der Waals surface area (Å²) in [6, 6.07) is 8.28. The highest BCUT2D eigenvalue weighted by Crippen LogP contribution is 2.35. The minimum absolute atomic E-state index is 0.0847. The number of anilines is 1. The van der Waals surface area contributed by atoms with Crippen LogP contribution in [0, 0.1) is 0 Å². The minimum Gasteiger partial charge on any atom is -0.444 e. The van der Waals surface area contributed by atoms with Crippen LogP contribution in [0.3, 0.4) is 0 Å². The third-order valence-corrected chi connectivity index (χ3v) is 6.39. The lowest BCUT2D eigenvalue weighted by Crippen LogP contribution is -2.41. The molecule has 2 aliphatic rings. The smallest absolute Gasteiger partial charge is 0.410 e. The first kappa shape index (κ1) is 22.2. The van der Waals surface area contributed by atoms with Crippen molar-refractivity contribution in [2.24, 2.45) is 5.73 Å². The summed E-state index contributed by atoms with van der Waals surface area (Å²) in [4.78, 5) is 26.7. The molecule has 0 radical (unpaired) electrons. The van der Waals surface area contributed by atoms with Gasteiger partial charge in [-0.25, -0.2) is 9.48 Å². The maximum atomic E-state index is 12.7. The Hall–Kier alpha value is -3.03. The molecule has 1 aromatic carbocycles. The summed E-state index contributed by atoms with van der Waals surface area (Å²) in [6.45, 7) is 6.62. The molecule has 2 heterocycles. The van der Waals surface area contributed by atoms with Crippen molar-refractivity contribution in [2.75, 3.05) is 12.3 Å². The van der Waals surface area contributed by atoms with E-state index in [4.69, 9.17) is 21.3 Å². The van der Waals surface area contributed by atoms with Crippen molar-refractivity contribution in [1.82, 2.24) is 14.7 Å². The van der Waals surface area contributed by atoms with Gasteiger partial charge in [0.2, 0.25) is 0 Å². The zero-order valence-electron chi connectivity index (χ0n) is 19.1. The third-order valence-electron chi connectivity index (χ3n) is 6.39. The Morgan fingerprint density at radius 3 is 2.59 bits per heavy atom. The summed E-state index contributed by atoms with van der Waals surface area (Å²) in [5.74, 6) is -0.193. The van der Waals surface area contributed by atoms with E-state index in [1.54, 1.807) is 9.58 Å². The number of benzene rings is 1. The average Bonchev–Trinajstić information content (AvgIpc) is 3.31. The van der Waals surface area contributed by atoms with Gasteiger partial charge >= 0.3 is 6.09 Å². The van der Waals surface area contributed by atoms with E-state index < -0.39 is 11.5 Å². The molecule has 2 aromatic rings. The van der Waals surface area contributed by atoms with Crippen molar-refractivity contribution >= 4 is 17.8 Å². The Morgan fingerprint density at radius 2 is 1.91 bits per heavy atom. The molecule has 32 heavy (non-hydrogen) atoms. The van der Waals surface area contributed by atoms with Gasteiger partial charge in [0.15, 0.2) is 0 Å². The van der Waals surface area contributed by atoms with Gasteiger partial charge in [-0.1, -0.05) is 24.3 Å². The lowest BCUT2D eigenvalue weighted by atomic mass is 9.81. The molecule has 8 heteroatoms. The number of aromatic nitrogens is 2. The quantitative estimate of drug-likeness (QED) is 0.759. The monoisotopic (exact) mass is 439 g/mol. The second-order valence-corrected chi connectivity index (χ2v) is 9.87. The Labute approximate surface area is 188 Å². The summed E-state index contributed by atoms with van der Waals surface area (Å²) < 4.78 is 7.22. The highest BCUT2D eigenvalue weighted by Gasteiger charge is 2.35.